The topological polar surface area (TPSA) is 66.0 Å². The van der Waals surface area contributed by atoms with Gasteiger partial charge in [-0.1, -0.05) is 27.2 Å². The number of guanidine groups is 1. The zero-order chi connectivity index (χ0) is 17.0. The molecule has 138 valence electrons. The van der Waals surface area contributed by atoms with Crippen molar-refractivity contribution in [3.8, 4) is 0 Å². The average Bonchev–Trinajstić information content (AvgIpc) is 2.45. The number of amides is 1. The number of halogens is 1. The van der Waals surface area contributed by atoms with Crippen LogP contribution in [-0.2, 0) is 4.74 Å². The second kappa shape index (κ2) is 14.8. The Morgan fingerprint density at radius 3 is 2.43 bits per heavy atom. The van der Waals surface area contributed by atoms with Gasteiger partial charge in [-0.3, -0.25) is 4.99 Å². The van der Waals surface area contributed by atoms with E-state index in [0.717, 1.165) is 31.8 Å². The zero-order valence-corrected chi connectivity index (χ0v) is 17.8. The molecule has 1 amide bonds. The summed E-state index contributed by atoms with van der Waals surface area (Å²) in [5.41, 5.74) is 0. The lowest BCUT2D eigenvalue weighted by molar-refractivity contribution is 0.146. The Labute approximate surface area is 158 Å². The number of rotatable bonds is 9. The van der Waals surface area contributed by atoms with Crippen LogP contribution in [-0.4, -0.2) is 56.8 Å². The van der Waals surface area contributed by atoms with Gasteiger partial charge in [0.2, 0.25) is 0 Å². The minimum atomic E-state index is -0.357. The number of hydrogen-bond donors (Lipinski definition) is 2. The van der Waals surface area contributed by atoms with E-state index in [2.05, 4.69) is 41.3 Å². The molecule has 6 nitrogen and oxygen atoms in total. The van der Waals surface area contributed by atoms with Crippen LogP contribution in [0.15, 0.2) is 4.99 Å². The molecule has 0 aliphatic heterocycles. The molecular weight excluding hydrogens is 407 g/mol. The summed E-state index contributed by atoms with van der Waals surface area (Å²) in [7, 11) is 3.81. The van der Waals surface area contributed by atoms with Crippen LogP contribution >= 0.6 is 24.0 Å². The molecule has 1 unspecified atom stereocenters. The number of nitrogens with one attached hydrogen (secondary N) is 2. The van der Waals surface area contributed by atoms with E-state index in [4.69, 9.17) is 4.74 Å². The summed E-state index contributed by atoms with van der Waals surface area (Å²) in [6.07, 6.45) is 2.82. The van der Waals surface area contributed by atoms with Gasteiger partial charge in [-0.2, -0.15) is 0 Å². The zero-order valence-electron chi connectivity index (χ0n) is 15.5. The number of carbonyl (C=O) groups is 1. The number of ether oxygens (including phenoxy) is 1. The standard InChI is InChI=1S/C16H34N4O2.HI/c1-7-9-10-20(6)15(17-5)18-12-14(11-13(3)4)19-16(21)22-8-2;/h13-14H,7-12H2,1-6H3,(H,17,18)(H,19,21);1H. The molecule has 0 aromatic rings. The smallest absolute Gasteiger partial charge is 0.407 e. The van der Waals surface area contributed by atoms with E-state index in [0.29, 0.717) is 19.1 Å². The van der Waals surface area contributed by atoms with Crippen LogP contribution in [0.4, 0.5) is 4.79 Å². The summed E-state index contributed by atoms with van der Waals surface area (Å²) >= 11 is 0. The maximum atomic E-state index is 11.6. The average molecular weight is 442 g/mol. The molecular formula is C16H35IN4O2. The second-order valence-electron chi connectivity index (χ2n) is 5.89. The quantitative estimate of drug-likeness (QED) is 0.327. The van der Waals surface area contributed by atoms with Gasteiger partial charge in [0.25, 0.3) is 0 Å². The molecule has 0 aromatic heterocycles. The lowest BCUT2D eigenvalue weighted by atomic mass is 10.0. The van der Waals surface area contributed by atoms with Crippen molar-refractivity contribution in [3.05, 3.63) is 0 Å². The first-order valence-corrected chi connectivity index (χ1v) is 8.29. The monoisotopic (exact) mass is 442 g/mol. The Morgan fingerprint density at radius 2 is 1.96 bits per heavy atom. The lowest BCUT2D eigenvalue weighted by Gasteiger charge is -2.25. The van der Waals surface area contributed by atoms with Gasteiger partial charge < -0.3 is 20.3 Å². The van der Waals surface area contributed by atoms with Crippen molar-refractivity contribution in [1.82, 2.24) is 15.5 Å². The minimum Gasteiger partial charge on any atom is -0.450 e. The van der Waals surface area contributed by atoms with Crippen LogP contribution in [0.2, 0.25) is 0 Å². The number of alkyl carbamates (subject to hydrolysis) is 1. The summed E-state index contributed by atoms with van der Waals surface area (Å²) in [6.45, 7) is 10.3. The Kier molecular flexibility index (Phi) is 15.8. The predicted molar refractivity (Wildman–Crippen MR) is 108 cm³/mol. The first kappa shape index (κ1) is 24.5. The van der Waals surface area contributed by atoms with Crippen molar-refractivity contribution >= 4 is 36.0 Å². The van der Waals surface area contributed by atoms with Crippen LogP contribution in [0.25, 0.3) is 0 Å². The fourth-order valence-corrected chi connectivity index (χ4v) is 2.20. The number of unbranched alkanes of at least 4 members (excludes halogenated alkanes) is 1. The van der Waals surface area contributed by atoms with Crippen LogP contribution in [0.5, 0.6) is 0 Å². The highest BCUT2D eigenvalue weighted by molar-refractivity contribution is 14.0. The van der Waals surface area contributed by atoms with Gasteiger partial charge in [-0.25, -0.2) is 4.79 Å². The van der Waals surface area contributed by atoms with Crippen molar-refractivity contribution in [2.45, 2.75) is 53.0 Å². The predicted octanol–water partition coefficient (Wildman–Crippen LogP) is 3.07. The Hall–Kier alpha value is -0.730. The SMILES string of the molecule is CCCCN(C)C(=NC)NCC(CC(C)C)NC(=O)OCC.I. The van der Waals surface area contributed by atoms with Gasteiger partial charge in [0.15, 0.2) is 5.96 Å². The van der Waals surface area contributed by atoms with Gasteiger partial charge >= 0.3 is 6.09 Å². The minimum absolute atomic E-state index is 0. The molecule has 0 bridgehead atoms. The highest BCUT2D eigenvalue weighted by Gasteiger charge is 2.16. The third-order valence-corrected chi connectivity index (χ3v) is 3.28. The largest absolute Gasteiger partial charge is 0.450 e. The molecule has 0 aromatic carbocycles. The molecule has 0 aliphatic carbocycles. The van der Waals surface area contributed by atoms with E-state index in [1.54, 1.807) is 14.0 Å². The molecule has 0 rings (SSSR count). The molecule has 1 atom stereocenters. The van der Waals surface area contributed by atoms with Gasteiger partial charge in [-0.05, 0) is 25.7 Å². The van der Waals surface area contributed by atoms with Crippen molar-refractivity contribution in [2.75, 3.05) is 33.8 Å². The summed E-state index contributed by atoms with van der Waals surface area (Å²) in [5, 5.41) is 6.25. The Morgan fingerprint density at radius 1 is 1.30 bits per heavy atom. The van der Waals surface area contributed by atoms with Gasteiger partial charge in [0.1, 0.15) is 0 Å². The third-order valence-electron chi connectivity index (χ3n) is 3.28. The van der Waals surface area contributed by atoms with Crippen molar-refractivity contribution in [3.63, 3.8) is 0 Å². The van der Waals surface area contributed by atoms with Crippen LogP contribution < -0.4 is 10.6 Å². The molecule has 7 heteroatoms. The molecule has 0 radical (unpaired) electrons. The fraction of sp³-hybridized carbons (Fsp3) is 0.875. The van der Waals surface area contributed by atoms with E-state index >= 15 is 0 Å². The van der Waals surface area contributed by atoms with Crippen LogP contribution in [0.3, 0.4) is 0 Å². The second-order valence-corrected chi connectivity index (χ2v) is 5.89. The van der Waals surface area contributed by atoms with Crippen molar-refractivity contribution < 1.29 is 9.53 Å². The molecule has 0 saturated carbocycles. The maximum Gasteiger partial charge on any atom is 0.407 e. The Balaban J connectivity index is 0. The summed E-state index contributed by atoms with van der Waals surface area (Å²) in [6, 6.07) is 0.0235. The summed E-state index contributed by atoms with van der Waals surface area (Å²) in [5.74, 6) is 1.35. The van der Waals surface area contributed by atoms with E-state index in [1.165, 1.54) is 0 Å². The molecule has 0 saturated heterocycles. The van der Waals surface area contributed by atoms with Gasteiger partial charge in [0, 0.05) is 33.2 Å². The first-order valence-electron chi connectivity index (χ1n) is 8.29. The van der Waals surface area contributed by atoms with E-state index in [1.807, 2.05) is 7.05 Å². The van der Waals surface area contributed by atoms with Crippen LogP contribution in [0.1, 0.15) is 47.0 Å². The normalized spacial score (nSPS) is 12.4. The molecule has 23 heavy (non-hydrogen) atoms. The highest BCUT2D eigenvalue weighted by atomic mass is 127. The van der Waals surface area contributed by atoms with Gasteiger partial charge in [0.05, 0.1) is 6.61 Å². The summed E-state index contributed by atoms with van der Waals surface area (Å²) in [4.78, 5) is 18.0. The summed E-state index contributed by atoms with van der Waals surface area (Å²) < 4.78 is 4.97. The van der Waals surface area contributed by atoms with Crippen molar-refractivity contribution in [1.29, 1.82) is 0 Å². The molecule has 2 N–H and O–H groups in total. The molecule has 0 spiro atoms. The van der Waals surface area contributed by atoms with Crippen molar-refractivity contribution in [2.24, 2.45) is 10.9 Å². The van der Waals surface area contributed by atoms with E-state index in [9.17, 15) is 4.79 Å². The van der Waals surface area contributed by atoms with Crippen LogP contribution in [0, 0.1) is 5.92 Å². The lowest BCUT2D eigenvalue weighted by Crippen LogP contribution is -2.48. The number of hydrogen-bond acceptors (Lipinski definition) is 3. The Bertz CT molecular complexity index is 338. The molecule has 0 aliphatic rings. The number of nitrogens with zero attached hydrogens (tertiary/aromatic N) is 2. The fourth-order valence-electron chi connectivity index (χ4n) is 2.20. The number of carbonyl (C=O) groups excluding carboxylic acids is 1. The number of aliphatic imine (C=N–C) groups is 1. The first-order chi connectivity index (χ1) is 10.4. The molecule has 0 fully saturated rings. The van der Waals surface area contributed by atoms with Gasteiger partial charge in [-0.15, -0.1) is 24.0 Å². The highest BCUT2D eigenvalue weighted by Crippen LogP contribution is 2.05. The molecule has 0 heterocycles. The van der Waals surface area contributed by atoms with E-state index < -0.39 is 0 Å². The maximum absolute atomic E-state index is 11.6. The third kappa shape index (κ3) is 12.4. The van der Waals surface area contributed by atoms with E-state index in [-0.39, 0.29) is 36.1 Å².